The monoisotopic (exact) mass is 670 g/mol. The van der Waals surface area contributed by atoms with Crippen LogP contribution >= 0.6 is 0 Å². The molecule has 250 valence electrons. The van der Waals surface area contributed by atoms with Crippen molar-refractivity contribution in [2.24, 2.45) is 11.8 Å². The molecule has 4 saturated carbocycles. The van der Waals surface area contributed by atoms with Crippen LogP contribution < -0.4 is 14.2 Å². The van der Waals surface area contributed by atoms with E-state index in [1.54, 1.807) is 49.6 Å². The standard InChI is InChI=1S/C43H42O5S/c1-29-4-10-36(11-5-29)47-37-16-18-39(19-17-37)49(44,45)40-20-21-41(30(2)22-40)48-38-14-8-34(9-15-38)43-26-31-23-32(27-43)25-42(24-31,28-43)33-6-12-35(46-3)13-7-33/h4-22,31-32H,23-28H2,1-3H3. The molecule has 0 N–H and O–H groups in total. The van der Waals surface area contributed by atoms with E-state index in [0.717, 1.165) is 34.5 Å². The third-order valence-electron chi connectivity index (χ3n) is 11.3. The van der Waals surface area contributed by atoms with Gasteiger partial charge < -0.3 is 14.2 Å². The highest BCUT2D eigenvalue weighted by atomic mass is 32.2. The molecule has 0 saturated heterocycles. The molecule has 5 aromatic carbocycles. The number of rotatable bonds is 9. The fourth-order valence-electron chi connectivity index (χ4n) is 9.35. The van der Waals surface area contributed by atoms with E-state index in [2.05, 4.69) is 48.5 Å². The van der Waals surface area contributed by atoms with Gasteiger partial charge in [-0.2, -0.15) is 0 Å². The third kappa shape index (κ3) is 5.90. The Kier molecular flexibility index (Phi) is 7.83. The van der Waals surface area contributed by atoms with Gasteiger partial charge in [0.1, 0.15) is 28.7 Å². The molecule has 9 rings (SSSR count). The van der Waals surface area contributed by atoms with Crippen molar-refractivity contribution in [2.45, 2.75) is 73.0 Å². The first-order chi connectivity index (χ1) is 23.6. The predicted octanol–water partition coefficient (Wildman–Crippen LogP) is 10.5. The maximum Gasteiger partial charge on any atom is 0.206 e. The van der Waals surface area contributed by atoms with Gasteiger partial charge in [-0.3, -0.25) is 0 Å². The quantitative estimate of drug-likeness (QED) is 0.156. The van der Waals surface area contributed by atoms with E-state index in [-0.39, 0.29) is 20.6 Å². The minimum Gasteiger partial charge on any atom is -0.497 e. The second-order valence-corrected chi connectivity index (χ2v) is 16.6. The summed E-state index contributed by atoms with van der Waals surface area (Å²) in [7, 11) is -1.99. The number of aryl methyl sites for hydroxylation is 2. The van der Waals surface area contributed by atoms with Crippen LogP contribution in [0.1, 0.15) is 60.8 Å². The molecule has 4 aliphatic carbocycles. The van der Waals surface area contributed by atoms with Crippen LogP contribution in [0.15, 0.2) is 125 Å². The zero-order valence-corrected chi connectivity index (χ0v) is 29.1. The smallest absolute Gasteiger partial charge is 0.206 e. The maximum atomic E-state index is 13.5. The lowest BCUT2D eigenvalue weighted by Gasteiger charge is -2.62. The van der Waals surface area contributed by atoms with Gasteiger partial charge in [-0.05, 0) is 171 Å². The zero-order valence-electron chi connectivity index (χ0n) is 28.3. The molecule has 5 aromatic rings. The molecule has 4 fully saturated rings. The summed E-state index contributed by atoms with van der Waals surface area (Å²) in [5.41, 5.74) is 5.22. The lowest BCUT2D eigenvalue weighted by atomic mass is 9.42. The third-order valence-corrected chi connectivity index (χ3v) is 13.1. The lowest BCUT2D eigenvalue weighted by Crippen LogP contribution is -2.55. The summed E-state index contributed by atoms with van der Waals surface area (Å²) < 4.78 is 44.7. The van der Waals surface area contributed by atoms with E-state index in [1.165, 1.54) is 49.7 Å². The summed E-state index contributed by atoms with van der Waals surface area (Å²) in [4.78, 5) is 0.443. The molecular formula is C43H42O5S. The minimum atomic E-state index is -3.72. The Morgan fingerprint density at radius 2 is 1.04 bits per heavy atom. The first-order valence-corrected chi connectivity index (χ1v) is 18.7. The number of sulfone groups is 1. The van der Waals surface area contributed by atoms with Gasteiger partial charge in [0.15, 0.2) is 0 Å². The molecule has 0 aliphatic heterocycles. The average Bonchev–Trinajstić information content (AvgIpc) is 3.10. The predicted molar refractivity (Wildman–Crippen MR) is 192 cm³/mol. The Morgan fingerprint density at radius 1 is 0.571 bits per heavy atom. The first-order valence-electron chi connectivity index (χ1n) is 17.3. The Labute approximate surface area is 289 Å². The van der Waals surface area contributed by atoms with Crippen molar-refractivity contribution < 1.29 is 22.6 Å². The molecule has 2 atom stereocenters. The molecule has 2 unspecified atom stereocenters. The summed E-state index contributed by atoms with van der Waals surface area (Å²) in [5.74, 6) is 5.12. The number of methoxy groups -OCH3 is 1. The van der Waals surface area contributed by atoms with E-state index in [4.69, 9.17) is 14.2 Å². The molecular weight excluding hydrogens is 629 g/mol. The number of ether oxygens (including phenoxy) is 3. The van der Waals surface area contributed by atoms with Crippen LogP contribution in [0.2, 0.25) is 0 Å². The normalized spacial score (nSPS) is 24.1. The Morgan fingerprint density at radius 3 is 1.57 bits per heavy atom. The largest absolute Gasteiger partial charge is 0.497 e. The number of hydrogen-bond acceptors (Lipinski definition) is 5. The van der Waals surface area contributed by atoms with Gasteiger partial charge in [0.2, 0.25) is 9.84 Å². The van der Waals surface area contributed by atoms with Gasteiger partial charge in [0, 0.05) is 0 Å². The Hall–Kier alpha value is -4.55. The molecule has 5 nitrogen and oxygen atoms in total. The van der Waals surface area contributed by atoms with Crippen LogP contribution in [-0.2, 0) is 20.7 Å². The van der Waals surface area contributed by atoms with E-state index in [1.807, 2.05) is 38.1 Å². The molecule has 0 radical (unpaired) electrons. The van der Waals surface area contributed by atoms with Crippen molar-refractivity contribution in [1.82, 2.24) is 0 Å². The van der Waals surface area contributed by atoms with Gasteiger partial charge in [-0.1, -0.05) is 42.0 Å². The van der Waals surface area contributed by atoms with Crippen molar-refractivity contribution >= 4 is 9.84 Å². The maximum absolute atomic E-state index is 13.5. The van der Waals surface area contributed by atoms with Crippen LogP contribution in [0.5, 0.6) is 28.7 Å². The van der Waals surface area contributed by atoms with E-state index >= 15 is 0 Å². The van der Waals surface area contributed by atoms with Crippen molar-refractivity contribution in [3.05, 3.63) is 138 Å². The topological polar surface area (TPSA) is 61.8 Å². The fraction of sp³-hybridized carbons (Fsp3) is 0.302. The first kappa shape index (κ1) is 31.7. The average molecular weight is 671 g/mol. The van der Waals surface area contributed by atoms with E-state index < -0.39 is 9.84 Å². The Bertz CT molecular complexity index is 2070. The van der Waals surface area contributed by atoms with Crippen molar-refractivity contribution in [3.8, 4) is 28.7 Å². The van der Waals surface area contributed by atoms with Crippen molar-refractivity contribution in [1.29, 1.82) is 0 Å². The van der Waals surface area contributed by atoms with Gasteiger partial charge >= 0.3 is 0 Å². The summed E-state index contributed by atoms with van der Waals surface area (Å²) in [6.07, 6.45) is 7.66. The van der Waals surface area contributed by atoms with Gasteiger partial charge in [-0.25, -0.2) is 8.42 Å². The van der Waals surface area contributed by atoms with Crippen LogP contribution in [0.3, 0.4) is 0 Å². The molecule has 0 amide bonds. The summed E-state index contributed by atoms with van der Waals surface area (Å²) >= 11 is 0. The van der Waals surface area contributed by atoms with Gasteiger partial charge in [0.05, 0.1) is 16.9 Å². The highest BCUT2D eigenvalue weighted by molar-refractivity contribution is 7.91. The molecule has 6 heteroatoms. The van der Waals surface area contributed by atoms with Crippen molar-refractivity contribution in [2.75, 3.05) is 7.11 Å². The number of benzene rings is 5. The molecule has 4 aliphatic rings. The van der Waals surface area contributed by atoms with Crippen molar-refractivity contribution in [3.63, 3.8) is 0 Å². The number of hydrogen-bond donors (Lipinski definition) is 0. The highest BCUT2D eigenvalue weighted by Crippen LogP contribution is 2.66. The Balaban J connectivity index is 0.971. The zero-order chi connectivity index (χ0) is 33.8. The highest BCUT2D eigenvalue weighted by Gasteiger charge is 2.58. The van der Waals surface area contributed by atoms with E-state index in [9.17, 15) is 8.42 Å². The second kappa shape index (κ2) is 12.1. The minimum absolute atomic E-state index is 0.194. The summed E-state index contributed by atoms with van der Waals surface area (Å²) in [5, 5.41) is 0. The lowest BCUT2D eigenvalue weighted by molar-refractivity contribution is -0.0281. The molecule has 0 aromatic heterocycles. The fourth-order valence-corrected chi connectivity index (χ4v) is 10.7. The second-order valence-electron chi connectivity index (χ2n) is 14.7. The molecule has 49 heavy (non-hydrogen) atoms. The molecule has 0 spiro atoms. The summed E-state index contributed by atoms with van der Waals surface area (Å²) in [6.45, 7) is 3.90. The van der Waals surface area contributed by atoms with Crippen LogP contribution in [0, 0.1) is 25.7 Å². The SMILES string of the molecule is COc1ccc(C23CC4CC(C2)CC(c2ccc(Oc5ccc(S(=O)(=O)c6ccc(Oc7ccc(C)cc7)cc6)cc5C)cc2)(C4)C3)cc1. The van der Waals surface area contributed by atoms with Gasteiger partial charge in [-0.15, -0.1) is 0 Å². The van der Waals surface area contributed by atoms with Crippen LogP contribution in [0.25, 0.3) is 0 Å². The molecule has 4 bridgehead atoms. The van der Waals surface area contributed by atoms with Crippen LogP contribution in [0.4, 0.5) is 0 Å². The summed E-state index contributed by atoms with van der Waals surface area (Å²) in [6, 6.07) is 36.9. The van der Waals surface area contributed by atoms with E-state index in [0.29, 0.717) is 17.2 Å². The molecule has 0 heterocycles. The van der Waals surface area contributed by atoms with Crippen LogP contribution in [-0.4, -0.2) is 15.5 Å². The van der Waals surface area contributed by atoms with Gasteiger partial charge in [0.25, 0.3) is 0 Å².